The molecule has 2 aliphatic rings. The topological polar surface area (TPSA) is 237 Å². The van der Waals surface area contributed by atoms with Gasteiger partial charge >= 0.3 is 6.18 Å². The van der Waals surface area contributed by atoms with Crippen LogP contribution in [0.4, 0.5) is 18.0 Å². The summed E-state index contributed by atoms with van der Waals surface area (Å²) in [5, 5.41) is 24.8. The van der Waals surface area contributed by atoms with Gasteiger partial charge in [0, 0.05) is 32.7 Å². The average Bonchev–Trinajstić information content (AvgIpc) is 4.13. The van der Waals surface area contributed by atoms with Crippen LogP contribution in [0.1, 0.15) is 74.4 Å². The molecule has 4 aromatic rings. The van der Waals surface area contributed by atoms with Crippen molar-refractivity contribution in [1.82, 2.24) is 25.4 Å². The third-order valence-corrected chi connectivity index (χ3v) is 14.5. The lowest BCUT2D eigenvalue weighted by molar-refractivity contribution is -0.144. The Morgan fingerprint density at radius 2 is 1.51 bits per heavy atom. The van der Waals surface area contributed by atoms with Crippen molar-refractivity contribution >= 4 is 58.0 Å². The van der Waals surface area contributed by atoms with Crippen LogP contribution in [-0.2, 0) is 55.6 Å². The van der Waals surface area contributed by atoms with Crippen molar-refractivity contribution in [2.45, 2.75) is 84.3 Å². The number of hydrogen-bond donors (Lipinski definition) is 3. The smallest absolute Gasteiger partial charge is 0.420 e. The Kier molecular flexibility index (Phi) is 23.9. The molecule has 80 heavy (non-hydrogen) atoms. The van der Waals surface area contributed by atoms with Crippen LogP contribution in [0.3, 0.4) is 0 Å². The fraction of sp³-hybridized carbons (Fsp3) is 0.482. The van der Waals surface area contributed by atoms with E-state index in [1.165, 1.54) is 42.4 Å². The number of thiazole rings is 1. The third-order valence-electron chi connectivity index (χ3n) is 12.6. The Morgan fingerprint density at radius 3 is 2.14 bits per heavy atom. The molecule has 5 amide bonds. The van der Waals surface area contributed by atoms with Gasteiger partial charge in [-0.3, -0.25) is 28.9 Å². The van der Waals surface area contributed by atoms with Crippen molar-refractivity contribution in [3.8, 4) is 33.8 Å². The zero-order chi connectivity index (χ0) is 57.8. The molecule has 0 radical (unpaired) electrons. The number of rotatable bonds is 30. The van der Waals surface area contributed by atoms with Crippen LogP contribution < -0.4 is 20.1 Å². The maximum absolute atomic E-state index is 13.9. The highest BCUT2D eigenvalue weighted by atomic mass is 32.2. The molecule has 6 rings (SSSR count). The second kappa shape index (κ2) is 30.4. The van der Waals surface area contributed by atoms with Crippen molar-refractivity contribution in [2.75, 3.05) is 86.3 Å². The SMILES string of the molecule is COc1cc(/C=C2\SC(=O)N(CCOCCOCCCCCOCCOCCOCC(=O)N[C@H](C(=O)N3C[C@H](O)CC3C(=O)NCc3ccc(-c4scnc4C)cc3)C(C)(C)C)C2=O)ccc1Oc1ccc(C#N)cc1C(F)(F)F. The van der Waals surface area contributed by atoms with Crippen molar-refractivity contribution in [1.29, 1.82) is 5.26 Å². The number of aliphatic hydroxyl groups excluding tert-OH is 1. The number of β-amino-alcohol motifs (C(OH)–C–C–N with tert-alkyl or cyclic N) is 1. The number of nitriles is 1. The minimum absolute atomic E-state index is 0.0248. The fourth-order valence-electron chi connectivity index (χ4n) is 8.38. The summed E-state index contributed by atoms with van der Waals surface area (Å²) in [4.78, 5) is 74.0. The standard InChI is InChI=1S/C56H67F3N6O13S2/c1-36-49(79-35-62-36)40-13-9-37(10-14-40)32-61-51(68)43-30-41(66)33-65(43)53(70)50(55(2,3)4)63-48(67)34-77-26-25-76-24-22-74-19-8-6-7-18-73-21-23-75-20-17-64-52(69)47(80-54(64)71)29-38-11-16-45(46(28-38)72-5)78-44-15-12-39(31-60)27-42(44)56(57,58)59/h9-16,27-29,35,41,43,50,66H,6-8,17-26,30,32-34H2,1-5H3,(H,61,68)(H,63,67)/b47-29-/t41-,43?,50-/m1/s1. The molecule has 0 saturated carbocycles. The van der Waals surface area contributed by atoms with E-state index in [0.29, 0.717) is 44.7 Å². The minimum atomic E-state index is -4.78. The van der Waals surface area contributed by atoms with Crippen LogP contribution >= 0.6 is 23.1 Å². The molecule has 3 heterocycles. The second-order valence-electron chi connectivity index (χ2n) is 19.7. The molecule has 3 N–H and O–H groups in total. The first-order chi connectivity index (χ1) is 38.3. The summed E-state index contributed by atoms with van der Waals surface area (Å²) in [6, 6.07) is 14.9. The quantitative estimate of drug-likeness (QED) is 0.0332. The second-order valence-corrected chi connectivity index (χ2v) is 21.5. The van der Waals surface area contributed by atoms with Crippen molar-refractivity contribution in [2.24, 2.45) is 5.41 Å². The summed E-state index contributed by atoms with van der Waals surface area (Å²) >= 11 is 2.30. The number of likely N-dealkylation sites (tertiary alicyclic amines) is 1. The lowest BCUT2D eigenvalue weighted by atomic mass is 9.85. The zero-order valence-corrected chi connectivity index (χ0v) is 46.9. The predicted octanol–water partition coefficient (Wildman–Crippen LogP) is 7.91. The van der Waals surface area contributed by atoms with Gasteiger partial charge in [0.1, 0.15) is 24.4 Å². The van der Waals surface area contributed by atoms with Gasteiger partial charge in [-0.05, 0) is 96.5 Å². The highest BCUT2D eigenvalue weighted by Gasteiger charge is 2.44. The number of methoxy groups -OCH3 is 1. The monoisotopic (exact) mass is 1150 g/mol. The lowest BCUT2D eigenvalue weighted by Crippen LogP contribution is -2.58. The van der Waals surface area contributed by atoms with E-state index in [2.05, 4.69) is 15.6 Å². The Labute approximate surface area is 471 Å². The number of amides is 5. The summed E-state index contributed by atoms with van der Waals surface area (Å²) < 4.78 is 79.9. The van der Waals surface area contributed by atoms with E-state index in [1.54, 1.807) is 22.9 Å². The highest BCUT2D eigenvalue weighted by molar-refractivity contribution is 8.18. The molecule has 432 valence electrons. The molecule has 24 heteroatoms. The van der Waals surface area contributed by atoms with E-state index in [1.807, 2.05) is 52.0 Å². The van der Waals surface area contributed by atoms with E-state index < -0.39 is 64.1 Å². The third kappa shape index (κ3) is 18.6. The van der Waals surface area contributed by atoms with Crippen LogP contribution in [0.5, 0.6) is 17.2 Å². The normalized spacial score (nSPS) is 16.5. The van der Waals surface area contributed by atoms with Gasteiger partial charge < -0.3 is 53.8 Å². The Bertz CT molecular complexity index is 2820. The molecule has 19 nitrogen and oxygen atoms in total. The summed E-state index contributed by atoms with van der Waals surface area (Å²) in [5.41, 5.74) is 3.07. The largest absolute Gasteiger partial charge is 0.493 e. The number of unbranched alkanes of at least 4 members (excludes halogenated alkanes) is 2. The van der Waals surface area contributed by atoms with E-state index >= 15 is 0 Å². The van der Waals surface area contributed by atoms with Crippen LogP contribution in [-0.4, -0.2) is 153 Å². The number of aryl methyl sites for hydroxylation is 1. The number of carbonyl (C=O) groups excluding carboxylic acids is 5. The molecular weight excluding hydrogens is 1090 g/mol. The van der Waals surface area contributed by atoms with Gasteiger partial charge in [0.2, 0.25) is 17.7 Å². The van der Waals surface area contributed by atoms with Gasteiger partial charge in [-0.25, -0.2) is 4.98 Å². The number of carbonyl (C=O) groups is 5. The van der Waals surface area contributed by atoms with Crippen molar-refractivity contribution in [3.63, 3.8) is 0 Å². The van der Waals surface area contributed by atoms with E-state index in [4.69, 9.17) is 38.4 Å². The van der Waals surface area contributed by atoms with E-state index in [-0.39, 0.29) is 87.0 Å². The molecule has 0 bridgehead atoms. The lowest BCUT2D eigenvalue weighted by Gasteiger charge is -2.35. The number of imide groups is 1. The van der Waals surface area contributed by atoms with Crippen LogP contribution in [0, 0.1) is 23.7 Å². The number of nitrogens with zero attached hydrogens (tertiary/aromatic N) is 4. The molecule has 2 fully saturated rings. The molecule has 3 aromatic carbocycles. The number of nitrogens with one attached hydrogen (secondary N) is 2. The summed E-state index contributed by atoms with van der Waals surface area (Å²) in [5.74, 6) is -2.36. The van der Waals surface area contributed by atoms with E-state index in [9.17, 15) is 42.3 Å². The number of hydrogen-bond acceptors (Lipinski definition) is 17. The number of ether oxygens (including phenoxy) is 7. The molecule has 0 aliphatic carbocycles. The van der Waals surface area contributed by atoms with Gasteiger partial charge in [0.05, 0.1) is 104 Å². The maximum atomic E-state index is 13.9. The van der Waals surface area contributed by atoms with Crippen LogP contribution in [0.2, 0.25) is 0 Å². The first kappa shape index (κ1) is 62.8. The maximum Gasteiger partial charge on any atom is 0.420 e. The van der Waals surface area contributed by atoms with Gasteiger partial charge in [-0.15, -0.1) is 11.3 Å². The van der Waals surface area contributed by atoms with Crippen molar-refractivity contribution in [3.05, 3.63) is 99.0 Å². The number of benzene rings is 3. The minimum Gasteiger partial charge on any atom is -0.493 e. The van der Waals surface area contributed by atoms with Crippen LogP contribution in [0.15, 0.2) is 71.1 Å². The molecule has 2 saturated heterocycles. The van der Waals surface area contributed by atoms with Gasteiger partial charge in [-0.2, -0.15) is 18.4 Å². The number of aromatic nitrogens is 1. The first-order valence-electron chi connectivity index (χ1n) is 25.9. The average molecular weight is 1150 g/mol. The summed E-state index contributed by atoms with van der Waals surface area (Å²) in [6.07, 6.45) is -1.63. The number of halogens is 3. The Hall–Kier alpha value is -6.43. The molecule has 3 atom stereocenters. The first-order valence-corrected chi connectivity index (χ1v) is 27.6. The molecule has 1 unspecified atom stereocenters. The number of alkyl halides is 3. The molecule has 1 aromatic heterocycles. The summed E-state index contributed by atoms with van der Waals surface area (Å²) in [6.45, 7) is 10.1. The predicted molar refractivity (Wildman–Crippen MR) is 291 cm³/mol. The van der Waals surface area contributed by atoms with Crippen molar-refractivity contribution < 1.29 is 75.4 Å². The number of aliphatic hydroxyl groups is 1. The summed E-state index contributed by atoms with van der Waals surface area (Å²) in [7, 11) is 1.30. The zero-order valence-electron chi connectivity index (χ0n) is 45.3. The van der Waals surface area contributed by atoms with Gasteiger partial charge in [0.25, 0.3) is 11.1 Å². The molecule has 0 spiro atoms. The Morgan fingerprint density at radius 1 is 0.863 bits per heavy atom. The molecule has 2 aliphatic heterocycles. The highest BCUT2D eigenvalue weighted by Crippen LogP contribution is 2.42. The van der Waals surface area contributed by atoms with E-state index in [0.717, 1.165) is 63.7 Å². The number of thioether (sulfide) groups is 1. The van der Waals surface area contributed by atoms with Crippen LogP contribution in [0.25, 0.3) is 16.5 Å². The molecular formula is C56H67F3N6O13S2. The fourth-order valence-corrected chi connectivity index (χ4v) is 10.1. The Balaban J connectivity index is 0.764. The van der Waals surface area contributed by atoms with Gasteiger partial charge in [0.15, 0.2) is 11.5 Å². The van der Waals surface area contributed by atoms with Gasteiger partial charge in [-0.1, -0.05) is 51.1 Å².